The second-order valence-corrected chi connectivity index (χ2v) is 22.1. The SMILES string of the molecule is O=C([C@@H]1[C@@H]2CC[C@@H](C2)[C@H]1[Sn]([c]1ccccc1)([c]1ccccc1)[c]1ccccc1)N1CCCCC1. The predicted octanol–water partition coefficient (Wildman–Crippen LogP) is 4.59. The molecule has 2 nitrogen and oxygen atoms in total. The number of hydrogen-bond acceptors (Lipinski definition) is 1. The fourth-order valence-electron chi connectivity index (χ4n) is 7.78. The molecular weight excluding hydrogens is 521 g/mol. The van der Waals surface area contributed by atoms with Crippen LogP contribution in [0.15, 0.2) is 91.0 Å². The van der Waals surface area contributed by atoms with E-state index in [9.17, 15) is 4.79 Å². The second-order valence-electron chi connectivity index (χ2n) is 10.7. The van der Waals surface area contributed by atoms with Crippen LogP contribution in [0, 0.1) is 17.8 Å². The molecule has 3 aliphatic rings. The number of hydrogen-bond donors (Lipinski definition) is 0. The molecule has 2 bridgehead atoms. The molecule has 2 saturated carbocycles. The Kier molecular flexibility index (Phi) is 6.27. The zero-order valence-corrected chi connectivity index (χ0v) is 22.8. The third-order valence-electron chi connectivity index (χ3n) is 9.06. The number of likely N-dealkylation sites (tertiary alicyclic amines) is 1. The molecule has 4 atom stereocenters. The fraction of sp³-hybridized carbons (Fsp3) is 0.387. The molecule has 2 aliphatic carbocycles. The number of carbonyl (C=O) groups is 1. The Morgan fingerprint density at radius 3 is 1.62 bits per heavy atom. The van der Waals surface area contributed by atoms with Gasteiger partial charge in [0.1, 0.15) is 0 Å². The molecule has 0 spiro atoms. The minimum atomic E-state index is -3.58. The molecule has 0 aromatic heterocycles. The van der Waals surface area contributed by atoms with Crippen molar-refractivity contribution in [3.05, 3.63) is 91.0 Å². The molecule has 3 fully saturated rings. The number of amides is 1. The number of nitrogens with zero attached hydrogens (tertiary/aromatic N) is 1. The van der Waals surface area contributed by atoms with Crippen molar-refractivity contribution in [3.63, 3.8) is 0 Å². The van der Waals surface area contributed by atoms with E-state index in [1.807, 2.05) is 0 Å². The summed E-state index contributed by atoms with van der Waals surface area (Å²) in [5.41, 5.74) is 0. The van der Waals surface area contributed by atoms with Gasteiger partial charge in [-0.3, -0.25) is 0 Å². The second kappa shape index (κ2) is 9.53. The third kappa shape index (κ3) is 3.64. The van der Waals surface area contributed by atoms with Crippen LogP contribution in [0.1, 0.15) is 38.5 Å². The summed E-state index contributed by atoms with van der Waals surface area (Å²) < 4.78 is 5.07. The Balaban J connectivity index is 1.58. The van der Waals surface area contributed by atoms with Crippen molar-refractivity contribution in [1.29, 1.82) is 0 Å². The maximum atomic E-state index is 14.3. The molecule has 1 amide bonds. The Hall–Kier alpha value is -2.07. The molecule has 3 heteroatoms. The van der Waals surface area contributed by atoms with Crippen LogP contribution in [-0.2, 0) is 4.79 Å². The van der Waals surface area contributed by atoms with E-state index in [4.69, 9.17) is 0 Å². The van der Waals surface area contributed by atoms with Gasteiger partial charge in [-0.15, -0.1) is 0 Å². The van der Waals surface area contributed by atoms with Crippen LogP contribution in [0.2, 0.25) is 3.93 Å². The summed E-state index contributed by atoms with van der Waals surface area (Å²) in [6, 6.07) is 34.1. The van der Waals surface area contributed by atoms with Gasteiger partial charge in [0.25, 0.3) is 0 Å². The van der Waals surface area contributed by atoms with E-state index in [1.165, 1.54) is 49.3 Å². The van der Waals surface area contributed by atoms with Crippen molar-refractivity contribution in [2.24, 2.45) is 17.8 Å². The van der Waals surface area contributed by atoms with Crippen LogP contribution in [0.4, 0.5) is 0 Å². The van der Waals surface area contributed by atoms with Gasteiger partial charge in [0.15, 0.2) is 0 Å². The third-order valence-corrected chi connectivity index (χ3v) is 24.9. The minimum absolute atomic E-state index is 0.188. The Morgan fingerprint density at radius 2 is 1.12 bits per heavy atom. The van der Waals surface area contributed by atoms with Crippen molar-refractivity contribution >= 4 is 35.0 Å². The van der Waals surface area contributed by atoms with Crippen LogP contribution >= 0.6 is 0 Å². The number of rotatable bonds is 5. The zero-order chi connectivity index (χ0) is 23.0. The van der Waals surface area contributed by atoms with Gasteiger partial charge in [-0.25, -0.2) is 0 Å². The number of piperidine rings is 1. The summed E-state index contributed by atoms with van der Waals surface area (Å²) >= 11 is -3.58. The summed E-state index contributed by atoms with van der Waals surface area (Å²) in [6.07, 6.45) is 7.39. The van der Waals surface area contributed by atoms with Gasteiger partial charge in [0.05, 0.1) is 0 Å². The van der Waals surface area contributed by atoms with Crippen LogP contribution in [0.3, 0.4) is 0 Å². The van der Waals surface area contributed by atoms with Gasteiger partial charge in [0.2, 0.25) is 0 Å². The first-order chi connectivity index (χ1) is 16.8. The quantitative estimate of drug-likeness (QED) is 0.422. The van der Waals surface area contributed by atoms with Crippen molar-refractivity contribution in [3.8, 4) is 0 Å². The van der Waals surface area contributed by atoms with E-state index in [0.717, 1.165) is 13.1 Å². The summed E-state index contributed by atoms with van der Waals surface area (Å²) in [4.78, 5) is 16.6. The molecule has 3 aromatic rings. The van der Waals surface area contributed by atoms with Gasteiger partial charge in [-0.2, -0.15) is 0 Å². The fourth-order valence-corrected chi connectivity index (χ4v) is 25.7. The molecule has 0 radical (unpaired) electrons. The number of fused-ring (bicyclic) bond motifs is 2. The molecule has 174 valence electrons. The van der Waals surface area contributed by atoms with Gasteiger partial charge < -0.3 is 0 Å². The number of carbonyl (C=O) groups excluding carboxylic acids is 1. The maximum absolute atomic E-state index is 14.3. The average Bonchev–Trinajstić information content (AvgIpc) is 3.54. The molecule has 0 N–H and O–H groups in total. The summed E-state index contributed by atoms with van der Waals surface area (Å²) in [7, 11) is 0. The Morgan fingerprint density at radius 1 is 0.647 bits per heavy atom. The van der Waals surface area contributed by atoms with Crippen molar-refractivity contribution in [1.82, 2.24) is 4.90 Å². The molecular formula is C31H35NOSn. The monoisotopic (exact) mass is 557 g/mol. The van der Waals surface area contributed by atoms with E-state index in [0.29, 0.717) is 21.7 Å². The Bertz CT molecular complexity index is 1010. The first kappa shape index (κ1) is 22.4. The van der Waals surface area contributed by atoms with Crippen LogP contribution in [-0.4, -0.2) is 42.3 Å². The van der Waals surface area contributed by atoms with Crippen LogP contribution in [0.25, 0.3) is 0 Å². The van der Waals surface area contributed by atoms with Crippen molar-refractivity contribution < 1.29 is 4.79 Å². The van der Waals surface area contributed by atoms with Crippen LogP contribution in [0.5, 0.6) is 0 Å². The van der Waals surface area contributed by atoms with E-state index >= 15 is 0 Å². The number of benzene rings is 3. The normalized spacial score (nSPS) is 26.5. The van der Waals surface area contributed by atoms with Gasteiger partial charge in [0, 0.05) is 0 Å². The molecule has 3 aromatic carbocycles. The van der Waals surface area contributed by atoms with E-state index < -0.39 is 18.4 Å². The standard InChI is InChI=1S/C13H20NO.3C6H5.Sn/c15-13(14-6-2-1-3-7-14)12-9-10-4-5-11(12)8-10;3*1-2-4-6-5-3-1;/h9-12H,1-8H2;3*1-5H;/t10-,11+,12-;;;;/m0..../s1. The molecule has 6 rings (SSSR count). The van der Waals surface area contributed by atoms with Gasteiger partial charge in [-0.05, 0) is 0 Å². The molecule has 1 aliphatic heterocycles. The van der Waals surface area contributed by atoms with Gasteiger partial charge in [-0.1, -0.05) is 0 Å². The molecule has 1 heterocycles. The van der Waals surface area contributed by atoms with E-state index in [1.54, 1.807) is 0 Å². The first-order valence-corrected chi connectivity index (χ1v) is 19.2. The van der Waals surface area contributed by atoms with E-state index in [2.05, 4.69) is 95.9 Å². The van der Waals surface area contributed by atoms with Crippen LogP contribution < -0.4 is 10.7 Å². The summed E-state index contributed by atoms with van der Waals surface area (Å²) in [5.74, 6) is 1.91. The first-order valence-electron chi connectivity index (χ1n) is 13.3. The molecule has 34 heavy (non-hydrogen) atoms. The molecule has 0 unspecified atom stereocenters. The summed E-state index contributed by atoms with van der Waals surface area (Å²) in [5, 5.41) is 0. The van der Waals surface area contributed by atoms with Gasteiger partial charge >= 0.3 is 209 Å². The average molecular weight is 556 g/mol. The Labute approximate surface area is 208 Å². The predicted molar refractivity (Wildman–Crippen MR) is 142 cm³/mol. The topological polar surface area (TPSA) is 20.3 Å². The van der Waals surface area contributed by atoms with Crippen molar-refractivity contribution in [2.75, 3.05) is 13.1 Å². The summed E-state index contributed by atoms with van der Waals surface area (Å²) in [6.45, 7) is 1.92. The van der Waals surface area contributed by atoms with Crippen molar-refractivity contribution in [2.45, 2.75) is 42.5 Å². The molecule has 1 saturated heterocycles. The zero-order valence-electron chi connectivity index (χ0n) is 20.0. The van der Waals surface area contributed by atoms with E-state index in [-0.39, 0.29) is 5.92 Å².